The zero-order valence-electron chi connectivity index (χ0n) is 7.56. The minimum atomic E-state index is -0.456. The Morgan fingerprint density at radius 3 is 2.93 bits per heavy atom. The summed E-state index contributed by atoms with van der Waals surface area (Å²) in [6.07, 6.45) is 3.41. The Hall–Kier alpha value is -1.89. The second kappa shape index (κ2) is 3.11. The van der Waals surface area contributed by atoms with E-state index in [1.807, 2.05) is 0 Å². The van der Waals surface area contributed by atoms with Gasteiger partial charge in [0.1, 0.15) is 0 Å². The normalized spacial score (nSPS) is 13.0. The molecule has 14 heavy (non-hydrogen) atoms. The maximum absolute atomic E-state index is 10.8. The smallest absolute Gasteiger partial charge is 0.318 e. The van der Waals surface area contributed by atoms with Gasteiger partial charge < -0.3 is 5.73 Å². The molecule has 4 N–H and O–H groups in total. The van der Waals surface area contributed by atoms with Crippen LogP contribution in [0.15, 0.2) is 17.2 Å². The number of aryl methyl sites for hydroxylation is 1. The Balaban J connectivity index is 2.32. The SMILES string of the molecule is Cn1cc(C(N)c2n[nH]c(=O)[nH]2)cn1. The van der Waals surface area contributed by atoms with Gasteiger partial charge in [-0.1, -0.05) is 0 Å². The highest BCUT2D eigenvalue weighted by atomic mass is 16.1. The lowest BCUT2D eigenvalue weighted by Gasteiger charge is -2.03. The summed E-state index contributed by atoms with van der Waals surface area (Å²) in [6, 6.07) is -0.456. The van der Waals surface area contributed by atoms with E-state index in [-0.39, 0.29) is 5.69 Å². The molecule has 0 bridgehead atoms. The number of nitrogens with one attached hydrogen (secondary N) is 2. The molecule has 0 saturated carbocycles. The second-order valence-electron chi connectivity index (χ2n) is 2.99. The average Bonchev–Trinajstić information content (AvgIpc) is 2.73. The van der Waals surface area contributed by atoms with E-state index in [1.54, 1.807) is 24.1 Å². The van der Waals surface area contributed by atoms with Crippen molar-refractivity contribution >= 4 is 0 Å². The number of rotatable bonds is 2. The molecule has 7 nitrogen and oxygen atoms in total. The molecular formula is C7H10N6O. The average molecular weight is 194 g/mol. The molecule has 74 valence electrons. The lowest BCUT2D eigenvalue weighted by atomic mass is 10.2. The summed E-state index contributed by atoms with van der Waals surface area (Å²) < 4.78 is 1.64. The molecule has 2 aromatic heterocycles. The van der Waals surface area contributed by atoms with Crippen LogP contribution in [0.4, 0.5) is 0 Å². The Kier molecular flexibility index (Phi) is 1.93. The monoisotopic (exact) mass is 194 g/mol. The highest BCUT2D eigenvalue weighted by molar-refractivity contribution is 5.17. The maximum atomic E-state index is 10.8. The minimum Gasteiger partial charge on any atom is -0.318 e. The van der Waals surface area contributed by atoms with E-state index < -0.39 is 6.04 Å². The standard InChI is InChI=1S/C7H10N6O/c1-13-3-4(2-9-13)5(8)6-10-7(14)12-11-6/h2-3,5H,8H2,1H3,(H2,10,11,12,14). The van der Waals surface area contributed by atoms with Crippen LogP contribution in [0.5, 0.6) is 0 Å². The Morgan fingerprint density at radius 1 is 1.64 bits per heavy atom. The van der Waals surface area contributed by atoms with E-state index >= 15 is 0 Å². The number of hydrogen-bond acceptors (Lipinski definition) is 4. The van der Waals surface area contributed by atoms with Gasteiger partial charge in [-0.2, -0.15) is 10.2 Å². The van der Waals surface area contributed by atoms with Crippen molar-refractivity contribution in [3.05, 3.63) is 34.3 Å². The van der Waals surface area contributed by atoms with E-state index in [9.17, 15) is 4.79 Å². The predicted octanol–water partition coefficient (Wildman–Crippen LogP) is -1.12. The molecule has 7 heteroatoms. The molecule has 2 rings (SSSR count). The molecule has 0 aliphatic carbocycles. The maximum Gasteiger partial charge on any atom is 0.340 e. The van der Waals surface area contributed by atoms with Crippen molar-refractivity contribution in [1.29, 1.82) is 0 Å². The molecule has 0 fully saturated rings. The van der Waals surface area contributed by atoms with Gasteiger partial charge >= 0.3 is 5.69 Å². The van der Waals surface area contributed by atoms with Gasteiger partial charge in [0, 0.05) is 18.8 Å². The minimum absolute atomic E-state index is 0.362. The van der Waals surface area contributed by atoms with Gasteiger partial charge in [-0.15, -0.1) is 0 Å². The number of nitrogens with two attached hydrogens (primary N) is 1. The van der Waals surface area contributed by atoms with Crippen molar-refractivity contribution in [1.82, 2.24) is 25.0 Å². The molecule has 0 aliphatic rings. The van der Waals surface area contributed by atoms with Crippen LogP contribution in [0, 0.1) is 0 Å². The number of hydrogen-bond donors (Lipinski definition) is 3. The molecule has 2 heterocycles. The zero-order chi connectivity index (χ0) is 10.1. The van der Waals surface area contributed by atoms with Crippen molar-refractivity contribution in [2.45, 2.75) is 6.04 Å². The van der Waals surface area contributed by atoms with Crippen molar-refractivity contribution in [2.75, 3.05) is 0 Å². The Bertz CT molecular complexity index is 480. The molecule has 2 aromatic rings. The molecule has 0 spiro atoms. The number of aromatic amines is 2. The summed E-state index contributed by atoms with van der Waals surface area (Å²) in [5.41, 5.74) is 6.28. The van der Waals surface area contributed by atoms with Gasteiger partial charge in [-0.05, 0) is 0 Å². The van der Waals surface area contributed by atoms with Gasteiger partial charge in [-0.25, -0.2) is 9.89 Å². The lowest BCUT2D eigenvalue weighted by molar-refractivity contribution is 0.759. The van der Waals surface area contributed by atoms with E-state index in [4.69, 9.17) is 5.73 Å². The van der Waals surface area contributed by atoms with E-state index in [2.05, 4.69) is 20.3 Å². The van der Waals surface area contributed by atoms with E-state index in [0.717, 1.165) is 5.56 Å². The summed E-state index contributed by atoms with van der Waals surface area (Å²) in [7, 11) is 1.80. The number of aromatic nitrogens is 5. The zero-order valence-corrected chi connectivity index (χ0v) is 7.56. The largest absolute Gasteiger partial charge is 0.340 e. The summed E-state index contributed by atoms with van der Waals surface area (Å²) in [5.74, 6) is 0.406. The Labute approximate surface area is 78.9 Å². The summed E-state index contributed by atoms with van der Waals surface area (Å²) >= 11 is 0. The summed E-state index contributed by atoms with van der Waals surface area (Å²) in [4.78, 5) is 13.3. The molecular weight excluding hydrogens is 184 g/mol. The molecule has 0 saturated heterocycles. The van der Waals surface area contributed by atoms with Crippen molar-refractivity contribution in [3.8, 4) is 0 Å². The summed E-state index contributed by atoms with van der Waals surface area (Å²) in [6.45, 7) is 0. The van der Waals surface area contributed by atoms with Crippen molar-refractivity contribution in [2.24, 2.45) is 12.8 Å². The van der Waals surface area contributed by atoms with Crippen LogP contribution in [0.3, 0.4) is 0 Å². The van der Waals surface area contributed by atoms with Crippen molar-refractivity contribution in [3.63, 3.8) is 0 Å². The number of nitrogens with zero attached hydrogens (tertiary/aromatic N) is 3. The lowest BCUT2D eigenvalue weighted by Crippen LogP contribution is -2.14. The van der Waals surface area contributed by atoms with Gasteiger partial charge in [-0.3, -0.25) is 9.67 Å². The van der Waals surface area contributed by atoms with Gasteiger partial charge in [0.05, 0.1) is 12.2 Å². The fraction of sp³-hybridized carbons (Fsp3) is 0.286. The quantitative estimate of drug-likeness (QED) is 0.563. The van der Waals surface area contributed by atoms with Crippen LogP contribution in [0.2, 0.25) is 0 Å². The molecule has 0 amide bonds. The van der Waals surface area contributed by atoms with Crippen LogP contribution in [-0.4, -0.2) is 25.0 Å². The topological polar surface area (TPSA) is 105 Å². The first-order valence-corrected chi connectivity index (χ1v) is 4.05. The third kappa shape index (κ3) is 1.44. The van der Waals surface area contributed by atoms with Crippen LogP contribution in [-0.2, 0) is 7.05 Å². The third-order valence-corrected chi connectivity index (χ3v) is 1.90. The second-order valence-corrected chi connectivity index (χ2v) is 2.99. The fourth-order valence-electron chi connectivity index (χ4n) is 1.19. The van der Waals surface area contributed by atoms with E-state index in [1.165, 1.54) is 0 Å². The molecule has 1 unspecified atom stereocenters. The van der Waals surface area contributed by atoms with Gasteiger partial charge in [0.2, 0.25) is 0 Å². The fourth-order valence-corrected chi connectivity index (χ4v) is 1.19. The van der Waals surface area contributed by atoms with Crippen LogP contribution >= 0.6 is 0 Å². The first-order valence-electron chi connectivity index (χ1n) is 4.05. The van der Waals surface area contributed by atoms with E-state index in [0.29, 0.717) is 5.82 Å². The number of H-pyrrole nitrogens is 2. The molecule has 1 atom stereocenters. The molecule has 0 radical (unpaired) electrons. The third-order valence-electron chi connectivity index (χ3n) is 1.90. The predicted molar refractivity (Wildman–Crippen MR) is 48.4 cm³/mol. The highest BCUT2D eigenvalue weighted by Crippen LogP contribution is 2.12. The molecule has 0 aliphatic heterocycles. The Morgan fingerprint density at radius 2 is 2.43 bits per heavy atom. The summed E-state index contributed by atoms with van der Waals surface area (Å²) in [5, 5.41) is 9.98. The van der Waals surface area contributed by atoms with Crippen LogP contribution in [0.25, 0.3) is 0 Å². The highest BCUT2D eigenvalue weighted by Gasteiger charge is 2.13. The first kappa shape index (κ1) is 8.70. The van der Waals surface area contributed by atoms with Crippen LogP contribution in [0.1, 0.15) is 17.4 Å². The van der Waals surface area contributed by atoms with Gasteiger partial charge in [0.25, 0.3) is 0 Å². The van der Waals surface area contributed by atoms with Crippen LogP contribution < -0.4 is 11.4 Å². The van der Waals surface area contributed by atoms with Gasteiger partial charge in [0.15, 0.2) is 5.82 Å². The molecule has 0 aromatic carbocycles. The van der Waals surface area contributed by atoms with Crippen molar-refractivity contribution < 1.29 is 0 Å². The first-order chi connectivity index (χ1) is 6.66.